The highest BCUT2D eigenvalue weighted by atomic mass is 32.2. The fourth-order valence-electron chi connectivity index (χ4n) is 0.610. The molecule has 0 atom stereocenters. The summed E-state index contributed by atoms with van der Waals surface area (Å²) in [5, 5.41) is 22.4. The average molecular weight is 196 g/mol. The van der Waals surface area contributed by atoms with Gasteiger partial charge in [0.1, 0.15) is 0 Å². The van der Waals surface area contributed by atoms with Gasteiger partial charge in [-0.25, -0.2) is 0 Å². The van der Waals surface area contributed by atoms with Gasteiger partial charge in [0, 0.05) is 13.1 Å². The van der Waals surface area contributed by atoms with Crippen LogP contribution in [0.4, 0.5) is 0 Å². The van der Waals surface area contributed by atoms with Crippen LogP contribution in [-0.2, 0) is 0 Å². The van der Waals surface area contributed by atoms with Crippen molar-refractivity contribution in [3.05, 3.63) is 0 Å². The van der Waals surface area contributed by atoms with Crippen molar-refractivity contribution < 1.29 is 10.2 Å². The minimum Gasteiger partial charge on any atom is -0.395 e. The van der Waals surface area contributed by atoms with E-state index in [9.17, 15) is 0 Å². The quantitative estimate of drug-likeness (QED) is 0.402. The molecule has 4 nitrogen and oxygen atoms in total. The predicted molar refractivity (Wildman–Crippen MR) is 50.1 cm³/mol. The van der Waals surface area contributed by atoms with E-state index in [1.54, 1.807) is 4.90 Å². The Hall–Kier alpha value is 0.120. The fraction of sp³-hybridized carbons (Fsp3) is 0.800. The highest BCUT2D eigenvalue weighted by Gasteiger charge is 2.06. The van der Waals surface area contributed by atoms with E-state index in [2.05, 4.69) is 0 Å². The maximum atomic E-state index is 8.57. The van der Waals surface area contributed by atoms with Gasteiger partial charge < -0.3 is 15.1 Å². The minimum absolute atomic E-state index is 0.0146. The molecule has 0 aromatic heterocycles. The monoisotopic (exact) mass is 196 g/mol. The number of hydrogen-bond donors (Lipinski definition) is 3. The summed E-state index contributed by atoms with van der Waals surface area (Å²) in [4.78, 5) is 1.65. The van der Waals surface area contributed by atoms with E-state index in [1.165, 1.54) is 0 Å². The second-order valence-corrected chi connectivity index (χ2v) is 3.09. The van der Waals surface area contributed by atoms with Crippen LogP contribution in [0.1, 0.15) is 0 Å². The molecule has 0 amide bonds. The lowest BCUT2D eigenvalue weighted by molar-refractivity contribution is 0.216. The van der Waals surface area contributed by atoms with E-state index in [1.807, 2.05) is 0 Å². The Kier molecular flexibility index (Phi) is 6.88. The SMILES string of the molecule is NSC(=S)N(CCO)CCO. The molecule has 0 bridgehead atoms. The van der Waals surface area contributed by atoms with Crippen molar-refractivity contribution in [1.82, 2.24) is 4.90 Å². The lowest BCUT2D eigenvalue weighted by atomic mass is 10.5. The number of nitrogens with two attached hydrogens (primary N) is 1. The zero-order valence-electron chi connectivity index (χ0n) is 6.06. The molecule has 66 valence electrons. The second-order valence-electron chi connectivity index (χ2n) is 1.82. The third kappa shape index (κ3) is 4.54. The predicted octanol–water partition coefficient (Wildman–Crippen LogP) is -0.835. The Balaban J connectivity index is 3.76. The number of aliphatic hydroxyl groups excluding tert-OH is 2. The molecule has 0 aliphatic heterocycles. The van der Waals surface area contributed by atoms with Crippen LogP contribution in [0.2, 0.25) is 0 Å². The van der Waals surface area contributed by atoms with Crippen molar-refractivity contribution in [2.75, 3.05) is 26.3 Å². The standard InChI is InChI=1S/C5H12N2O2S2/c6-11-5(10)7(1-3-8)2-4-9/h8-9H,1-4,6H2. The van der Waals surface area contributed by atoms with E-state index in [4.69, 9.17) is 27.6 Å². The van der Waals surface area contributed by atoms with Crippen LogP contribution in [0, 0.1) is 0 Å². The van der Waals surface area contributed by atoms with Crippen LogP contribution in [0.3, 0.4) is 0 Å². The maximum Gasteiger partial charge on any atom is 0.151 e. The largest absolute Gasteiger partial charge is 0.395 e. The first kappa shape index (κ1) is 11.1. The molecule has 0 unspecified atom stereocenters. The van der Waals surface area contributed by atoms with Crippen LogP contribution >= 0.6 is 24.2 Å². The summed E-state index contributed by atoms with van der Waals surface area (Å²) >= 11 is 5.80. The number of thiocarbonyl (C=S) groups is 1. The van der Waals surface area contributed by atoms with E-state index >= 15 is 0 Å². The van der Waals surface area contributed by atoms with Gasteiger partial charge in [-0.15, -0.1) is 0 Å². The molecule has 0 aromatic carbocycles. The summed E-state index contributed by atoms with van der Waals surface area (Å²) in [5.74, 6) is 0. The minimum atomic E-state index is 0.0146. The lowest BCUT2D eigenvalue weighted by Crippen LogP contribution is -2.33. The van der Waals surface area contributed by atoms with Crippen LogP contribution in [0.15, 0.2) is 0 Å². The summed E-state index contributed by atoms with van der Waals surface area (Å²) in [6.45, 7) is 0.870. The Labute approximate surface area is 75.5 Å². The molecule has 0 radical (unpaired) electrons. The number of rotatable bonds is 4. The summed E-state index contributed by atoms with van der Waals surface area (Å²) in [5.41, 5.74) is 0. The average Bonchev–Trinajstić information content (AvgIpc) is 2.03. The van der Waals surface area contributed by atoms with E-state index in [0.717, 1.165) is 11.9 Å². The van der Waals surface area contributed by atoms with Crippen LogP contribution < -0.4 is 5.14 Å². The Morgan fingerprint density at radius 2 is 1.82 bits per heavy atom. The first-order valence-corrected chi connectivity index (χ1v) is 4.42. The van der Waals surface area contributed by atoms with Crippen molar-refractivity contribution in [1.29, 1.82) is 0 Å². The Morgan fingerprint density at radius 1 is 1.36 bits per heavy atom. The molecule has 6 heteroatoms. The summed E-state index contributed by atoms with van der Waals surface area (Å²) in [6, 6.07) is 0. The molecular weight excluding hydrogens is 184 g/mol. The molecule has 0 rings (SSSR count). The van der Waals surface area contributed by atoms with Gasteiger partial charge in [0.15, 0.2) is 4.32 Å². The van der Waals surface area contributed by atoms with Crippen molar-refractivity contribution in [3.63, 3.8) is 0 Å². The number of aliphatic hydroxyl groups is 2. The highest BCUT2D eigenvalue weighted by Crippen LogP contribution is 2.00. The van der Waals surface area contributed by atoms with Gasteiger partial charge in [0.05, 0.1) is 13.2 Å². The fourth-order valence-corrected chi connectivity index (χ4v) is 1.12. The van der Waals surface area contributed by atoms with E-state index in [0.29, 0.717) is 17.4 Å². The van der Waals surface area contributed by atoms with E-state index < -0.39 is 0 Å². The Morgan fingerprint density at radius 3 is 2.09 bits per heavy atom. The zero-order valence-corrected chi connectivity index (χ0v) is 7.70. The number of hydrogen-bond acceptors (Lipinski definition) is 5. The normalized spacial score (nSPS) is 9.73. The molecule has 0 aliphatic rings. The maximum absolute atomic E-state index is 8.57. The topological polar surface area (TPSA) is 69.7 Å². The van der Waals surface area contributed by atoms with Crippen molar-refractivity contribution >= 4 is 28.5 Å². The zero-order chi connectivity index (χ0) is 8.69. The molecule has 0 heterocycles. The molecular formula is C5H12N2O2S2. The second kappa shape index (κ2) is 6.81. The molecule has 0 aliphatic carbocycles. The molecule has 0 saturated carbocycles. The van der Waals surface area contributed by atoms with Gasteiger partial charge in [-0.1, -0.05) is 12.2 Å². The van der Waals surface area contributed by atoms with Crippen molar-refractivity contribution in [2.24, 2.45) is 5.14 Å². The first-order chi connectivity index (χ1) is 5.26. The van der Waals surface area contributed by atoms with Crippen molar-refractivity contribution in [2.45, 2.75) is 0 Å². The summed E-state index contributed by atoms with van der Waals surface area (Å²) < 4.78 is 0.494. The molecule has 11 heavy (non-hydrogen) atoms. The van der Waals surface area contributed by atoms with Crippen molar-refractivity contribution in [3.8, 4) is 0 Å². The third-order valence-corrected chi connectivity index (χ3v) is 2.11. The van der Waals surface area contributed by atoms with Crippen LogP contribution in [-0.4, -0.2) is 45.7 Å². The molecule has 4 N–H and O–H groups in total. The smallest absolute Gasteiger partial charge is 0.151 e. The molecule has 0 saturated heterocycles. The first-order valence-electron chi connectivity index (χ1n) is 3.13. The molecule has 0 aromatic rings. The molecule has 0 spiro atoms. The van der Waals surface area contributed by atoms with Gasteiger partial charge in [-0.2, -0.15) is 0 Å². The third-order valence-electron chi connectivity index (χ3n) is 1.10. The highest BCUT2D eigenvalue weighted by molar-refractivity contribution is 8.21. The van der Waals surface area contributed by atoms with Crippen LogP contribution in [0.5, 0.6) is 0 Å². The van der Waals surface area contributed by atoms with Gasteiger partial charge in [-0.3, -0.25) is 5.14 Å². The van der Waals surface area contributed by atoms with Gasteiger partial charge in [-0.05, 0) is 11.9 Å². The van der Waals surface area contributed by atoms with E-state index in [-0.39, 0.29) is 13.2 Å². The summed E-state index contributed by atoms with van der Waals surface area (Å²) in [7, 11) is 0. The Bertz CT molecular complexity index is 117. The summed E-state index contributed by atoms with van der Waals surface area (Å²) in [6.07, 6.45) is 0. The van der Waals surface area contributed by atoms with Gasteiger partial charge in [0.2, 0.25) is 0 Å². The lowest BCUT2D eigenvalue weighted by Gasteiger charge is -2.21. The van der Waals surface area contributed by atoms with Gasteiger partial charge >= 0.3 is 0 Å². The molecule has 0 fully saturated rings. The van der Waals surface area contributed by atoms with Gasteiger partial charge in [0.25, 0.3) is 0 Å². The van der Waals surface area contributed by atoms with Crippen LogP contribution in [0.25, 0.3) is 0 Å². The number of nitrogens with zero attached hydrogens (tertiary/aromatic N) is 1.